The summed E-state index contributed by atoms with van der Waals surface area (Å²) in [5.41, 5.74) is 4.89. The van der Waals surface area contributed by atoms with E-state index in [0.29, 0.717) is 18.9 Å². The topological polar surface area (TPSA) is 113 Å². The summed E-state index contributed by atoms with van der Waals surface area (Å²) in [4.78, 5) is 35.3. The summed E-state index contributed by atoms with van der Waals surface area (Å²) in [6, 6.07) is -2.30. The molecule has 1 heterocycles. The smallest absolute Gasteiger partial charge is 0.320 e. The van der Waals surface area contributed by atoms with Gasteiger partial charge in [-0.3, -0.25) is 19.8 Å². The number of nitrogens with one attached hydrogen (secondary N) is 1. The first kappa shape index (κ1) is 15.4. The maximum absolute atomic E-state index is 11.7. The molecule has 3 amide bonds. The number of hydrogen-bond acceptors (Lipinski definition) is 4. The normalized spacial score (nSPS) is 25.6. The number of carboxylic acids is 1. The van der Waals surface area contributed by atoms with E-state index in [1.807, 2.05) is 12.2 Å². The number of hydrogen-bond donors (Lipinski definition) is 3. The van der Waals surface area contributed by atoms with Gasteiger partial charge in [0, 0.05) is 6.54 Å². The number of rotatable bonds is 4. The van der Waals surface area contributed by atoms with Gasteiger partial charge in [-0.25, -0.2) is 4.79 Å². The van der Waals surface area contributed by atoms with Crippen LogP contribution in [0.15, 0.2) is 0 Å². The first-order valence-electron chi connectivity index (χ1n) is 6.45. The number of piperidine rings is 1. The van der Waals surface area contributed by atoms with Crippen LogP contribution < -0.4 is 11.1 Å². The number of carboxylic acid groups (broad SMARTS) is 1. The number of imide groups is 1. The fraction of sp³-hybridized carbons (Fsp3) is 0.750. The predicted molar refractivity (Wildman–Crippen MR) is 68.3 cm³/mol. The van der Waals surface area contributed by atoms with E-state index in [1.165, 1.54) is 0 Å². The van der Waals surface area contributed by atoms with Crippen LogP contribution in [0.4, 0.5) is 4.79 Å². The van der Waals surface area contributed by atoms with Crippen LogP contribution in [0.1, 0.15) is 33.1 Å². The molecule has 108 valence electrons. The standard InChI is InChI=1S/C12H21N3O4/c1-3-8-4-5-15(9(6-8)11(17)18)7(2)10(16)14-12(13)19/h7-9H,3-6H2,1-2H3,(H,17,18)(H3,13,14,16,19). The zero-order chi connectivity index (χ0) is 14.6. The highest BCUT2D eigenvalue weighted by Gasteiger charge is 2.37. The minimum atomic E-state index is -0.933. The lowest BCUT2D eigenvalue weighted by Crippen LogP contribution is -2.56. The van der Waals surface area contributed by atoms with Crippen molar-refractivity contribution in [2.24, 2.45) is 11.7 Å². The second-order valence-electron chi connectivity index (χ2n) is 4.92. The molecule has 1 rings (SSSR count). The van der Waals surface area contributed by atoms with Crippen molar-refractivity contribution in [1.82, 2.24) is 10.2 Å². The molecule has 0 radical (unpaired) electrons. The summed E-state index contributed by atoms with van der Waals surface area (Å²) >= 11 is 0. The van der Waals surface area contributed by atoms with Crippen LogP contribution in [0.3, 0.4) is 0 Å². The zero-order valence-electron chi connectivity index (χ0n) is 11.3. The van der Waals surface area contributed by atoms with Crippen molar-refractivity contribution in [3.8, 4) is 0 Å². The highest BCUT2D eigenvalue weighted by atomic mass is 16.4. The Balaban J connectivity index is 2.76. The van der Waals surface area contributed by atoms with Gasteiger partial charge < -0.3 is 10.8 Å². The maximum Gasteiger partial charge on any atom is 0.320 e. The molecular weight excluding hydrogens is 250 g/mol. The number of carbonyl (C=O) groups is 3. The van der Waals surface area contributed by atoms with Crippen LogP contribution in [0.5, 0.6) is 0 Å². The number of primary amides is 1. The molecule has 3 unspecified atom stereocenters. The van der Waals surface area contributed by atoms with E-state index < -0.39 is 30.0 Å². The highest BCUT2D eigenvalue weighted by molar-refractivity contribution is 5.96. The Hall–Kier alpha value is -1.63. The molecule has 19 heavy (non-hydrogen) atoms. The molecule has 0 bridgehead atoms. The minimum absolute atomic E-state index is 0.365. The molecule has 3 atom stereocenters. The van der Waals surface area contributed by atoms with E-state index in [0.717, 1.165) is 12.8 Å². The number of nitrogens with two attached hydrogens (primary N) is 1. The SMILES string of the molecule is CCC1CCN(C(C)C(=O)NC(N)=O)C(C(=O)O)C1. The average molecular weight is 271 g/mol. The average Bonchev–Trinajstić information content (AvgIpc) is 2.36. The fourth-order valence-electron chi connectivity index (χ4n) is 2.51. The van der Waals surface area contributed by atoms with Gasteiger partial charge in [-0.15, -0.1) is 0 Å². The summed E-state index contributed by atoms with van der Waals surface area (Å²) in [7, 11) is 0. The lowest BCUT2D eigenvalue weighted by Gasteiger charge is -2.39. The van der Waals surface area contributed by atoms with Crippen LogP contribution in [-0.4, -0.2) is 46.5 Å². The van der Waals surface area contributed by atoms with E-state index >= 15 is 0 Å². The second-order valence-corrected chi connectivity index (χ2v) is 4.92. The molecule has 4 N–H and O–H groups in total. The number of amides is 3. The van der Waals surface area contributed by atoms with E-state index in [2.05, 4.69) is 0 Å². The third kappa shape index (κ3) is 3.92. The molecule has 7 heteroatoms. The first-order chi connectivity index (χ1) is 8.86. The van der Waals surface area contributed by atoms with Crippen molar-refractivity contribution in [3.05, 3.63) is 0 Å². The largest absolute Gasteiger partial charge is 0.480 e. The van der Waals surface area contributed by atoms with Gasteiger partial charge in [0.2, 0.25) is 5.91 Å². The Kier molecular flexibility index (Phi) is 5.29. The number of aliphatic carboxylic acids is 1. The Morgan fingerprint density at radius 3 is 2.58 bits per heavy atom. The Labute approximate surface area is 112 Å². The Morgan fingerprint density at radius 2 is 2.11 bits per heavy atom. The maximum atomic E-state index is 11.7. The van der Waals surface area contributed by atoms with Crippen molar-refractivity contribution >= 4 is 17.9 Å². The highest BCUT2D eigenvalue weighted by Crippen LogP contribution is 2.27. The number of urea groups is 1. The molecule has 0 aromatic carbocycles. The van der Waals surface area contributed by atoms with E-state index in [9.17, 15) is 19.5 Å². The summed E-state index contributed by atoms with van der Waals surface area (Å²) < 4.78 is 0. The molecule has 7 nitrogen and oxygen atoms in total. The van der Waals surface area contributed by atoms with Crippen molar-refractivity contribution in [2.75, 3.05) is 6.54 Å². The molecule has 0 aromatic heterocycles. The van der Waals surface area contributed by atoms with Gasteiger partial charge in [-0.1, -0.05) is 13.3 Å². The lowest BCUT2D eigenvalue weighted by molar-refractivity contribution is -0.148. The molecular formula is C12H21N3O4. The first-order valence-corrected chi connectivity index (χ1v) is 6.45. The lowest BCUT2D eigenvalue weighted by atomic mass is 9.88. The van der Waals surface area contributed by atoms with E-state index in [4.69, 9.17) is 5.73 Å². The van der Waals surface area contributed by atoms with Gasteiger partial charge in [-0.05, 0) is 25.7 Å². The fourth-order valence-corrected chi connectivity index (χ4v) is 2.51. The quantitative estimate of drug-likeness (QED) is 0.673. The predicted octanol–water partition coefficient (Wildman–Crippen LogP) is 0.145. The molecule has 1 aliphatic heterocycles. The number of carbonyl (C=O) groups excluding carboxylic acids is 2. The Morgan fingerprint density at radius 1 is 1.47 bits per heavy atom. The zero-order valence-corrected chi connectivity index (χ0v) is 11.3. The molecule has 1 saturated heterocycles. The van der Waals surface area contributed by atoms with Crippen LogP contribution in [0.25, 0.3) is 0 Å². The van der Waals surface area contributed by atoms with Crippen molar-refractivity contribution in [1.29, 1.82) is 0 Å². The minimum Gasteiger partial charge on any atom is -0.480 e. The second kappa shape index (κ2) is 6.51. The summed E-state index contributed by atoms with van der Waals surface area (Å²) in [6.45, 7) is 4.14. The van der Waals surface area contributed by atoms with Crippen LogP contribution in [0, 0.1) is 5.92 Å². The van der Waals surface area contributed by atoms with Gasteiger partial charge in [0.1, 0.15) is 6.04 Å². The molecule has 0 spiro atoms. The summed E-state index contributed by atoms with van der Waals surface area (Å²) in [5, 5.41) is 11.3. The number of nitrogens with zero attached hydrogens (tertiary/aromatic N) is 1. The summed E-state index contributed by atoms with van der Waals surface area (Å²) in [6.07, 6.45) is 2.31. The van der Waals surface area contributed by atoms with Crippen molar-refractivity contribution < 1.29 is 19.5 Å². The van der Waals surface area contributed by atoms with Crippen LogP contribution in [-0.2, 0) is 9.59 Å². The molecule has 0 aromatic rings. The Bertz CT molecular complexity index is 372. The molecule has 0 aliphatic carbocycles. The number of likely N-dealkylation sites (tertiary alicyclic amines) is 1. The molecule has 0 saturated carbocycles. The van der Waals surface area contributed by atoms with E-state index in [1.54, 1.807) is 11.8 Å². The van der Waals surface area contributed by atoms with Crippen molar-refractivity contribution in [2.45, 2.75) is 45.2 Å². The summed E-state index contributed by atoms with van der Waals surface area (Å²) in [5.74, 6) is -1.13. The van der Waals surface area contributed by atoms with Gasteiger partial charge >= 0.3 is 12.0 Å². The van der Waals surface area contributed by atoms with Gasteiger partial charge in [0.25, 0.3) is 0 Å². The van der Waals surface area contributed by atoms with Crippen molar-refractivity contribution in [3.63, 3.8) is 0 Å². The van der Waals surface area contributed by atoms with Gasteiger partial charge in [0.05, 0.1) is 6.04 Å². The molecule has 1 fully saturated rings. The van der Waals surface area contributed by atoms with E-state index in [-0.39, 0.29) is 0 Å². The van der Waals surface area contributed by atoms with Crippen LogP contribution in [0.2, 0.25) is 0 Å². The third-order valence-corrected chi connectivity index (χ3v) is 3.74. The van der Waals surface area contributed by atoms with Gasteiger partial charge in [0.15, 0.2) is 0 Å². The monoisotopic (exact) mass is 271 g/mol. The van der Waals surface area contributed by atoms with Gasteiger partial charge in [-0.2, -0.15) is 0 Å². The third-order valence-electron chi connectivity index (χ3n) is 3.74. The molecule has 1 aliphatic rings. The van der Waals surface area contributed by atoms with Crippen LogP contribution >= 0.6 is 0 Å².